The topological polar surface area (TPSA) is 60.9 Å². The first kappa shape index (κ1) is 16.5. The van der Waals surface area contributed by atoms with E-state index in [0.717, 1.165) is 57.5 Å². The molecule has 0 aromatic heterocycles. The molecule has 1 saturated heterocycles. The molecule has 1 fully saturated rings. The first-order chi connectivity index (χ1) is 10.7. The normalized spacial score (nSPS) is 16.3. The fourth-order valence-electron chi connectivity index (χ4n) is 2.77. The van der Waals surface area contributed by atoms with Crippen LogP contribution in [0.5, 0.6) is 0 Å². The smallest absolute Gasteiger partial charge is 0.303 e. The summed E-state index contributed by atoms with van der Waals surface area (Å²) >= 11 is 0. The number of hydrogen-bond donors (Lipinski definition) is 1. The minimum absolute atomic E-state index is 0.105. The number of amides is 1. The van der Waals surface area contributed by atoms with Gasteiger partial charge in [0.2, 0.25) is 0 Å². The predicted octanol–water partition coefficient (Wildman–Crippen LogP) is 2.09. The standard InChI is InChI=1S/C17H24N2O3/c20-16(21)9-4-5-10-18-11-6-12-19(14-13-18)17(22)15-7-2-1-3-8-15/h1-3,7-8H,4-6,9-14H2,(H,20,21). The Morgan fingerprint density at radius 2 is 1.77 bits per heavy atom. The summed E-state index contributed by atoms with van der Waals surface area (Å²) in [5.74, 6) is -0.621. The minimum atomic E-state index is -0.726. The van der Waals surface area contributed by atoms with Gasteiger partial charge in [0.1, 0.15) is 0 Å². The Kier molecular flexibility index (Phi) is 6.40. The molecule has 0 unspecified atom stereocenters. The van der Waals surface area contributed by atoms with E-state index in [0.29, 0.717) is 0 Å². The second-order valence-corrected chi connectivity index (χ2v) is 5.70. The third kappa shape index (κ3) is 5.15. The lowest BCUT2D eigenvalue weighted by molar-refractivity contribution is -0.137. The molecule has 5 nitrogen and oxygen atoms in total. The Balaban J connectivity index is 1.77. The number of unbranched alkanes of at least 4 members (excludes halogenated alkanes) is 1. The molecule has 2 rings (SSSR count). The van der Waals surface area contributed by atoms with Gasteiger partial charge in [-0.1, -0.05) is 18.2 Å². The van der Waals surface area contributed by atoms with Gasteiger partial charge in [-0.05, 0) is 44.5 Å². The number of carbonyl (C=O) groups is 2. The van der Waals surface area contributed by atoms with Crippen LogP contribution in [0.25, 0.3) is 0 Å². The van der Waals surface area contributed by atoms with Crippen molar-refractivity contribution < 1.29 is 14.7 Å². The van der Waals surface area contributed by atoms with E-state index < -0.39 is 5.97 Å². The van der Waals surface area contributed by atoms with Gasteiger partial charge in [0, 0.05) is 31.6 Å². The maximum Gasteiger partial charge on any atom is 0.303 e. The zero-order valence-corrected chi connectivity index (χ0v) is 12.9. The zero-order valence-electron chi connectivity index (χ0n) is 12.9. The van der Waals surface area contributed by atoms with Crippen molar-refractivity contribution in [3.63, 3.8) is 0 Å². The van der Waals surface area contributed by atoms with Crippen molar-refractivity contribution in [2.24, 2.45) is 0 Å². The minimum Gasteiger partial charge on any atom is -0.481 e. The van der Waals surface area contributed by atoms with Gasteiger partial charge in [0.25, 0.3) is 5.91 Å². The van der Waals surface area contributed by atoms with Gasteiger partial charge in [0.15, 0.2) is 0 Å². The van der Waals surface area contributed by atoms with Gasteiger partial charge in [-0.15, -0.1) is 0 Å². The summed E-state index contributed by atoms with van der Waals surface area (Å²) in [6.45, 7) is 4.30. The Morgan fingerprint density at radius 3 is 2.50 bits per heavy atom. The number of carboxylic acids is 1. The molecule has 1 aromatic carbocycles. The van der Waals surface area contributed by atoms with Crippen LogP contribution < -0.4 is 0 Å². The van der Waals surface area contributed by atoms with Crippen molar-refractivity contribution >= 4 is 11.9 Å². The highest BCUT2D eigenvalue weighted by atomic mass is 16.4. The highest BCUT2D eigenvalue weighted by Gasteiger charge is 2.19. The average molecular weight is 304 g/mol. The molecule has 0 spiro atoms. The fourth-order valence-corrected chi connectivity index (χ4v) is 2.77. The third-order valence-corrected chi connectivity index (χ3v) is 4.01. The summed E-state index contributed by atoms with van der Waals surface area (Å²) in [5.41, 5.74) is 0.748. The average Bonchev–Trinajstić information content (AvgIpc) is 2.77. The SMILES string of the molecule is O=C(O)CCCCN1CCCN(C(=O)c2ccccc2)CC1. The van der Waals surface area contributed by atoms with E-state index in [1.165, 1.54) is 0 Å². The van der Waals surface area contributed by atoms with Gasteiger partial charge in [-0.2, -0.15) is 0 Å². The van der Waals surface area contributed by atoms with Crippen molar-refractivity contribution in [1.82, 2.24) is 9.80 Å². The number of hydrogen-bond acceptors (Lipinski definition) is 3. The van der Waals surface area contributed by atoms with E-state index in [1.807, 2.05) is 35.2 Å². The largest absolute Gasteiger partial charge is 0.481 e. The van der Waals surface area contributed by atoms with Gasteiger partial charge >= 0.3 is 5.97 Å². The lowest BCUT2D eigenvalue weighted by Gasteiger charge is -2.22. The molecule has 1 aliphatic rings. The van der Waals surface area contributed by atoms with Crippen molar-refractivity contribution in [2.75, 3.05) is 32.7 Å². The third-order valence-electron chi connectivity index (χ3n) is 4.01. The van der Waals surface area contributed by atoms with Crippen molar-refractivity contribution in [2.45, 2.75) is 25.7 Å². The van der Waals surface area contributed by atoms with E-state index in [1.54, 1.807) is 0 Å². The van der Waals surface area contributed by atoms with E-state index in [2.05, 4.69) is 4.90 Å². The van der Waals surface area contributed by atoms with Gasteiger partial charge in [-0.25, -0.2) is 0 Å². The van der Waals surface area contributed by atoms with Crippen LogP contribution >= 0.6 is 0 Å². The molecule has 0 atom stereocenters. The molecule has 1 amide bonds. The first-order valence-corrected chi connectivity index (χ1v) is 7.95. The molecular weight excluding hydrogens is 280 g/mol. The molecule has 22 heavy (non-hydrogen) atoms. The molecule has 0 radical (unpaired) electrons. The number of carboxylic acid groups (broad SMARTS) is 1. The van der Waals surface area contributed by atoms with Crippen LogP contribution in [0.2, 0.25) is 0 Å². The van der Waals surface area contributed by atoms with E-state index in [-0.39, 0.29) is 12.3 Å². The molecule has 5 heteroatoms. The summed E-state index contributed by atoms with van der Waals surface area (Å²) in [6.07, 6.45) is 2.83. The van der Waals surface area contributed by atoms with E-state index in [9.17, 15) is 9.59 Å². The highest BCUT2D eigenvalue weighted by molar-refractivity contribution is 5.94. The molecule has 0 bridgehead atoms. The summed E-state index contributed by atoms with van der Waals surface area (Å²) in [7, 11) is 0. The molecule has 1 aromatic rings. The summed E-state index contributed by atoms with van der Waals surface area (Å²) < 4.78 is 0. The van der Waals surface area contributed by atoms with Gasteiger partial charge in [-0.3, -0.25) is 9.59 Å². The predicted molar refractivity (Wildman–Crippen MR) is 84.9 cm³/mol. The second kappa shape index (κ2) is 8.54. The molecule has 1 aliphatic heterocycles. The maximum absolute atomic E-state index is 12.4. The summed E-state index contributed by atoms with van der Waals surface area (Å²) in [6, 6.07) is 9.41. The molecule has 0 aliphatic carbocycles. The Morgan fingerprint density at radius 1 is 1.00 bits per heavy atom. The van der Waals surface area contributed by atoms with Gasteiger partial charge < -0.3 is 14.9 Å². The number of rotatable bonds is 6. The molecule has 1 N–H and O–H groups in total. The fraction of sp³-hybridized carbons (Fsp3) is 0.529. The lowest BCUT2D eigenvalue weighted by atomic mass is 10.2. The van der Waals surface area contributed by atoms with Crippen LogP contribution in [-0.2, 0) is 4.79 Å². The van der Waals surface area contributed by atoms with Crippen molar-refractivity contribution in [3.8, 4) is 0 Å². The number of aliphatic carboxylic acids is 1. The van der Waals surface area contributed by atoms with Crippen molar-refractivity contribution in [3.05, 3.63) is 35.9 Å². The number of benzene rings is 1. The monoisotopic (exact) mass is 304 g/mol. The van der Waals surface area contributed by atoms with Crippen molar-refractivity contribution in [1.29, 1.82) is 0 Å². The van der Waals surface area contributed by atoms with E-state index in [4.69, 9.17) is 5.11 Å². The summed E-state index contributed by atoms with van der Waals surface area (Å²) in [4.78, 5) is 27.2. The molecule has 1 heterocycles. The summed E-state index contributed by atoms with van der Waals surface area (Å²) in [5, 5.41) is 8.64. The lowest BCUT2D eigenvalue weighted by Crippen LogP contribution is -2.35. The van der Waals surface area contributed by atoms with Crippen LogP contribution in [0.3, 0.4) is 0 Å². The number of carbonyl (C=O) groups excluding carboxylic acids is 1. The Labute approximate surface area is 131 Å². The quantitative estimate of drug-likeness (QED) is 0.818. The van der Waals surface area contributed by atoms with Crippen LogP contribution in [0.4, 0.5) is 0 Å². The Hall–Kier alpha value is -1.88. The highest BCUT2D eigenvalue weighted by Crippen LogP contribution is 2.10. The molecule has 0 saturated carbocycles. The molecule has 120 valence electrons. The Bertz CT molecular complexity index is 490. The molecular formula is C17H24N2O3. The first-order valence-electron chi connectivity index (χ1n) is 7.95. The van der Waals surface area contributed by atoms with Crippen LogP contribution in [0.1, 0.15) is 36.0 Å². The van der Waals surface area contributed by atoms with Gasteiger partial charge in [0.05, 0.1) is 0 Å². The van der Waals surface area contributed by atoms with Crippen LogP contribution in [-0.4, -0.2) is 59.5 Å². The number of nitrogens with zero attached hydrogens (tertiary/aromatic N) is 2. The van der Waals surface area contributed by atoms with Crippen LogP contribution in [0, 0.1) is 0 Å². The second-order valence-electron chi connectivity index (χ2n) is 5.70. The van der Waals surface area contributed by atoms with E-state index >= 15 is 0 Å². The maximum atomic E-state index is 12.4. The van der Waals surface area contributed by atoms with Crippen LogP contribution in [0.15, 0.2) is 30.3 Å². The zero-order chi connectivity index (χ0) is 15.8.